The Bertz CT molecular complexity index is 3140. The Labute approximate surface area is 347 Å². The molecule has 0 amide bonds. The third-order valence-corrected chi connectivity index (χ3v) is 9.71. The van der Waals surface area contributed by atoms with Crippen LogP contribution >= 0.6 is 12.4 Å². The second-order valence-corrected chi connectivity index (χ2v) is 13.5. The number of hydrogen-bond donors (Lipinski definition) is 7. The number of imidazole rings is 2. The van der Waals surface area contributed by atoms with Crippen LogP contribution in [0.2, 0.25) is 0 Å². The van der Waals surface area contributed by atoms with Gasteiger partial charge in [-0.1, -0.05) is 42.5 Å². The lowest BCUT2D eigenvalue weighted by atomic mass is 10.0. The normalized spacial score (nSPS) is 10.8. The summed E-state index contributed by atoms with van der Waals surface area (Å²) in [5.74, 6) is 2.29. The van der Waals surface area contributed by atoms with E-state index in [0.29, 0.717) is 17.1 Å². The number of benzene rings is 6. The summed E-state index contributed by atoms with van der Waals surface area (Å²) in [4.78, 5) is 19.6. The third-order valence-electron chi connectivity index (χ3n) is 9.71. The van der Waals surface area contributed by atoms with E-state index in [9.17, 15) is 15.3 Å². The van der Waals surface area contributed by atoms with Crippen molar-refractivity contribution >= 4 is 56.3 Å². The van der Waals surface area contributed by atoms with Gasteiger partial charge in [-0.15, -0.1) is 12.4 Å². The Kier molecular flexibility index (Phi) is 10.8. The maximum absolute atomic E-state index is 10.1. The molecule has 296 valence electrons. The predicted molar refractivity (Wildman–Crippen MR) is 236 cm³/mol. The average molecular weight is 814 g/mol. The van der Waals surface area contributed by atoms with Crippen molar-refractivity contribution in [3.8, 4) is 68.3 Å². The molecular formula is C46H36ClN9O4. The van der Waals surface area contributed by atoms with Crippen LogP contribution in [-0.4, -0.2) is 67.7 Å². The largest absolute Gasteiger partial charge is 0.508 e. The lowest BCUT2D eigenvalue weighted by Gasteiger charge is -2.09. The molecule has 0 saturated carbocycles. The first-order chi connectivity index (χ1) is 28.9. The van der Waals surface area contributed by atoms with Crippen LogP contribution < -0.4 is 4.74 Å². The molecule has 13 nitrogen and oxygen atoms in total. The van der Waals surface area contributed by atoms with Crippen molar-refractivity contribution in [2.24, 2.45) is 0 Å². The van der Waals surface area contributed by atoms with Crippen molar-refractivity contribution in [1.29, 1.82) is 0 Å². The second-order valence-electron chi connectivity index (χ2n) is 13.5. The van der Waals surface area contributed by atoms with E-state index in [2.05, 4.69) is 45.3 Å². The molecule has 5 aromatic heterocycles. The smallest absolute Gasteiger partial charge is 0.159 e. The number of aromatic hydroxyl groups is 3. The molecule has 6 aromatic carbocycles. The van der Waals surface area contributed by atoms with Gasteiger partial charge >= 0.3 is 0 Å². The fraction of sp³-hybridized carbons (Fsp3) is 0.0217. The number of methoxy groups -OCH3 is 1. The number of nitrogens with zero attached hydrogens (tertiary/aromatic N) is 5. The zero-order valence-corrected chi connectivity index (χ0v) is 32.6. The van der Waals surface area contributed by atoms with Gasteiger partial charge in [0, 0.05) is 46.4 Å². The first-order valence-corrected chi connectivity index (χ1v) is 18.5. The topological polar surface area (TPSA) is 198 Å². The molecule has 11 rings (SSSR count). The van der Waals surface area contributed by atoms with Gasteiger partial charge in [0.1, 0.15) is 34.4 Å². The molecule has 0 unspecified atom stereocenters. The maximum Gasteiger partial charge on any atom is 0.159 e. The van der Waals surface area contributed by atoms with E-state index in [0.717, 1.165) is 77.8 Å². The molecule has 11 aromatic rings. The van der Waals surface area contributed by atoms with Crippen molar-refractivity contribution in [3.63, 3.8) is 0 Å². The number of H-pyrrole nitrogens is 4. The van der Waals surface area contributed by atoms with E-state index in [1.807, 2.05) is 109 Å². The van der Waals surface area contributed by atoms with Gasteiger partial charge < -0.3 is 30.0 Å². The fourth-order valence-electron chi connectivity index (χ4n) is 6.86. The van der Waals surface area contributed by atoms with Crippen LogP contribution in [0, 0.1) is 0 Å². The van der Waals surface area contributed by atoms with Crippen LogP contribution in [0.25, 0.3) is 89.2 Å². The van der Waals surface area contributed by atoms with Crippen LogP contribution in [0.3, 0.4) is 0 Å². The van der Waals surface area contributed by atoms with Crippen molar-refractivity contribution in [1.82, 2.24) is 45.3 Å². The Morgan fingerprint density at radius 2 is 1.02 bits per heavy atom. The zero-order chi connectivity index (χ0) is 40.3. The summed E-state index contributed by atoms with van der Waals surface area (Å²) in [6.45, 7) is 0. The summed E-state index contributed by atoms with van der Waals surface area (Å²) in [6, 6.07) is 42.9. The molecule has 0 atom stereocenters. The lowest BCUT2D eigenvalue weighted by Crippen LogP contribution is -1.88. The molecule has 0 radical (unpaired) electrons. The van der Waals surface area contributed by atoms with Crippen molar-refractivity contribution < 1.29 is 20.1 Å². The zero-order valence-electron chi connectivity index (χ0n) is 31.8. The Morgan fingerprint density at radius 1 is 0.500 bits per heavy atom. The second kappa shape index (κ2) is 16.7. The number of halogens is 1. The van der Waals surface area contributed by atoms with Gasteiger partial charge in [0.05, 0.1) is 40.2 Å². The number of aromatic amines is 4. The standard InChI is InChI=1S/C21H16N4O2.C20H14N4O2.C5H5N.ClH/c1-27-19-11-13(26)7-9-14(19)12-6-8-15-18(10-12)24-25-20(15)21-22-16-4-2-3-5-17(16)23-21;25-12-6-8-13(18(26)10-12)11-5-7-14-17(9-11)23-24-19(14)20-21-15-3-1-2-4-16(15)22-20;1-2-4-6-5-3-1;/h2-11,26H,1H3,(H,22,23)(H,24,25);1-10,25-26H,(H,21,22)(H,23,24);1-5H;1H. The van der Waals surface area contributed by atoms with Crippen LogP contribution in [0.4, 0.5) is 0 Å². The van der Waals surface area contributed by atoms with Crippen LogP contribution in [0.1, 0.15) is 0 Å². The molecule has 0 bridgehead atoms. The summed E-state index contributed by atoms with van der Waals surface area (Å²) in [7, 11) is 1.59. The number of nitrogens with one attached hydrogen (secondary N) is 4. The molecule has 0 aliphatic rings. The van der Waals surface area contributed by atoms with Gasteiger partial charge in [0.25, 0.3) is 0 Å². The van der Waals surface area contributed by atoms with Gasteiger partial charge in [-0.25, -0.2) is 9.97 Å². The number of para-hydroxylation sites is 4. The van der Waals surface area contributed by atoms with Gasteiger partial charge in [0.2, 0.25) is 0 Å². The first kappa shape index (κ1) is 38.7. The lowest BCUT2D eigenvalue weighted by molar-refractivity contribution is 0.409. The summed E-state index contributed by atoms with van der Waals surface area (Å²) in [5, 5.41) is 46.1. The highest BCUT2D eigenvalue weighted by atomic mass is 35.5. The summed E-state index contributed by atoms with van der Waals surface area (Å²) in [6.07, 6.45) is 3.50. The van der Waals surface area contributed by atoms with Crippen LogP contribution in [0.15, 0.2) is 152 Å². The maximum atomic E-state index is 10.1. The molecule has 7 N–H and O–H groups in total. The monoisotopic (exact) mass is 813 g/mol. The molecular weight excluding hydrogens is 778 g/mol. The molecule has 0 fully saturated rings. The first-order valence-electron chi connectivity index (χ1n) is 18.5. The molecule has 14 heteroatoms. The minimum atomic E-state index is 0. The predicted octanol–water partition coefficient (Wildman–Crippen LogP) is 10.2. The third kappa shape index (κ3) is 7.75. The summed E-state index contributed by atoms with van der Waals surface area (Å²) in [5.41, 5.74) is 10.4. The molecule has 0 aliphatic heterocycles. The van der Waals surface area contributed by atoms with Gasteiger partial charge in [0.15, 0.2) is 11.6 Å². The van der Waals surface area contributed by atoms with E-state index in [1.54, 1.807) is 43.8 Å². The van der Waals surface area contributed by atoms with Crippen molar-refractivity contribution in [2.75, 3.05) is 7.11 Å². The molecule has 0 saturated heterocycles. The summed E-state index contributed by atoms with van der Waals surface area (Å²) >= 11 is 0. The van der Waals surface area contributed by atoms with E-state index >= 15 is 0 Å². The van der Waals surface area contributed by atoms with Gasteiger partial charge in [-0.2, -0.15) is 10.2 Å². The quantitative estimate of drug-likeness (QED) is 0.0884. The number of phenols is 3. The average Bonchev–Trinajstić information content (AvgIpc) is 4.08. The fourth-order valence-corrected chi connectivity index (χ4v) is 6.86. The Morgan fingerprint density at radius 3 is 1.50 bits per heavy atom. The number of hydrogen-bond acceptors (Lipinski definition) is 9. The van der Waals surface area contributed by atoms with Crippen LogP contribution in [0.5, 0.6) is 23.0 Å². The summed E-state index contributed by atoms with van der Waals surface area (Å²) < 4.78 is 5.40. The molecule has 0 spiro atoms. The SMILES string of the molecule is COc1cc(O)ccc1-c1ccc2c(-c3nc4ccccc4[nH]3)n[nH]c2c1.Cl.Oc1ccc(-c2ccc3c(-c4nc5ccccc5[nH]4)n[nH]c3c2)c(O)c1.c1ccncc1. The van der Waals surface area contributed by atoms with Crippen LogP contribution in [-0.2, 0) is 0 Å². The minimum Gasteiger partial charge on any atom is -0.508 e. The molecule has 60 heavy (non-hydrogen) atoms. The number of rotatable bonds is 5. The molecule has 0 aliphatic carbocycles. The van der Waals surface area contributed by atoms with Crippen molar-refractivity contribution in [3.05, 3.63) is 152 Å². The Balaban J connectivity index is 0.000000144. The van der Waals surface area contributed by atoms with E-state index < -0.39 is 0 Å². The molecule has 5 heterocycles. The van der Waals surface area contributed by atoms with Gasteiger partial charge in [-0.3, -0.25) is 15.2 Å². The number of fused-ring (bicyclic) bond motifs is 4. The van der Waals surface area contributed by atoms with E-state index in [-0.39, 0.29) is 29.7 Å². The number of ether oxygens (including phenoxy) is 1. The highest BCUT2D eigenvalue weighted by molar-refractivity contribution is 5.97. The highest BCUT2D eigenvalue weighted by Gasteiger charge is 2.16. The Hall–Kier alpha value is -8.16. The van der Waals surface area contributed by atoms with E-state index in [1.165, 1.54) is 6.07 Å². The van der Waals surface area contributed by atoms with Gasteiger partial charge in [-0.05, 0) is 96.1 Å². The number of aromatic nitrogens is 9. The van der Waals surface area contributed by atoms with E-state index in [4.69, 9.17) is 4.74 Å². The number of pyridine rings is 1. The number of phenolic OH excluding ortho intramolecular Hbond substituents is 3. The highest BCUT2D eigenvalue weighted by Crippen LogP contribution is 2.37. The minimum absolute atomic E-state index is 0. The van der Waals surface area contributed by atoms with Crippen molar-refractivity contribution in [2.45, 2.75) is 0 Å².